The monoisotopic (exact) mass is 419 g/mol. The van der Waals surface area contributed by atoms with Crippen LogP contribution in [0.5, 0.6) is 0 Å². The van der Waals surface area contributed by atoms with E-state index in [1.807, 2.05) is 48.0 Å². The molecule has 4 rings (SSSR count). The molecule has 156 valence electrons. The van der Waals surface area contributed by atoms with Crippen LogP contribution in [0.3, 0.4) is 0 Å². The fraction of sp³-hybridized carbons (Fsp3) is 0.360. The van der Waals surface area contributed by atoms with Gasteiger partial charge in [0.2, 0.25) is 0 Å². The Bertz CT molecular complexity index is 1010. The zero-order chi connectivity index (χ0) is 20.8. The molecule has 1 aliphatic rings. The fourth-order valence-electron chi connectivity index (χ4n) is 4.26. The van der Waals surface area contributed by atoms with Gasteiger partial charge in [0.05, 0.1) is 11.2 Å². The Morgan fingerprint density at radius 1 is 1.23 bits per heavy atom. The predicted octanol–water partition coefficient (Wildman–Crippen LogP) is 4.85. The molecule has 1 aromatic heterocycles. The van der Waals surface area contributed by atoms with Crippen molar-refractivity contribution in [1.82, 2.24) is 15.2 Å². The largest absolute Gasteiger partial charge is 0.352 e. The maximum atomic E-state index is 12.5. The van der Waals surface area contributed by atoms with Crippen LogP contribution in [-0.4, -0.2) is 41.5 Å². The molecular weight excluding hydrogens is 390 g/mol. The Hall–Kier alpha value is -2.50. The molecule has 0 saturated carbocycles. The lowest BCUT2D eigenvalue weighted by Gasteiger charge is -2.33. The van der Waals surface area contributed by atoms with Crippen LogP contribution in [0.25, 0.3) is 10.8 Å². The highest BCUT2D eigenvalue weighted by molar-refractivity contribution is 7.09. The number of nitrogens with zero attached hydrogens (tertiary/aromatic N) is 2. The van der Waals surface area contributed by atoms with Gasteiger partial charge in [-0.1, -0.05) is 36.4 Å². The Morgan fingerprint density at radius 2 is 2.10 bits per heavy atom. The van der Waals surface area contributed by atoms with E-state index >= 15 is 0 Å². The van der Waals surface area contributed by atoms with Gasteiger partial charge in [-0.05, 0) is 61.6 Å². The number of hydrogen-bond donors (Lipinski definition) is 1. The second-order valence-electron chi connectivity index (χ2n) is 7.93. The van der Waals surface area contributed by atoms with Crippen LogP contribution in [0.15, 0.2) is 60.6 Å². The number of nitrogens with one attached hydrogen (secondary N) is 1. The number of unbranched alkanes of at least 4 members (excludes halogenated alkanes) is 1. The first-order chi connectivity index (χ1) is 14.7. The van der Waals surface area contributed by atoms with Crippen LogP contribution < -0.4 is 5.32 Å². The van der Waals surface area contributed by atoms with E-state index in [-0.39, 0.29) is 5.91 Å². The third-order valence-corrected chi connectivity index (χ3v) is 6.81. The Labute approximate surface area is 182 Å². The first-order valence-electron chi connectivity index (χ1n) is 10.8. The lowest BCUT2D eigenvalue weighted by molar-refractivity contribution is 0.0952. The van der Waals surface area contributed by atoms with Gasteiger partial charge in [0.15, 0.2) is 0 Å². The van der Waals surface area contributed by atoms with Gasteiger partial charge in [0.1, 0.15) is 0 Å². The van der Waals surface area contributed by atoms with E-state index < -0.39 is 0 Å². The lowest BCUT2D eigenvalue weighted by atomic mass is 9.96. The topological polar surface area (TPSA) is 45.2 Å². The molecule has 5 heteroatoms. The number of aromatic nitrogens is 1. The number of thiazole rings is 1. The predicted molar refractivity (Wildman–Crippen MR) is 125 cm³/mol. The van der Waals surface area contributed by atoms with Crippen LogP contribution in [-0.2, 0) is 12.8 Å². The Kier molecular flexibility index (Phi) is 6.92. The van der Waals surface area contributed by atoms with Crippen molar-refractivity contribution in [1.29, 1.82) is 0 Å². The molecule has 2 aromatic carbocycles. The SMILES string of the molecule is C=CCN(CCCCNC(=O)c1ccc2ccccc2c1)C1CCc2ncsc2C1. The summed E-state index contributed by atoms with van der Waals surface area (Å²) in [7, 11) is 0. The Balaban J connectivity index is 1.23. The molecule has 0 radical (unpaired) electrons. The van der Waals surface area contributed by atoms with Gasteiger partial charge in [0, 0.05) is 29.6 Å². The van der Waals surface area contributed by atoms with E-state index in [9.17, 15) is 4.79 Å². The van der Waals surface area contributed by atoms with Crippen molar-refractivity contribution >= 4 is 28.0 Å². The molecule has 1 N–H and O–H groups in total. The van der Waals surface area contributed by atoms with Gasteiger partial charge in [0.25, 0.3) is 5.91 Å². The molecule has 0 spiro atoms. The minimum absolute atomic E-state index is 0.00806. The second kappa shape index (κ2) is 10.0. The van der Waals surface area contributed by atoms with Crippen LogP contribution in [0.2, 0.25) is 0 Å². The van der Waals surface area contributed by atoms with Crippen LogP contribution >= 0.6 is 11.3 Å². The normalized spacial score (nSPS) is 15.8. The minimum atomic E-state index is 0.00806. The van der Waals surface area contributed by atoms with Crippen molar-refractivity contribution in [3.63, 3.8) is 0 Å². The van der Waals surface area contributed by atoms with E-state index in [2.05, 4.69) is 27.8 Å². The van der Waals surface area contributed by atoms with Crippen molar-refractivity contribution < 1.29 is 4.79 Å². The number of amides is 1. The number of rotatable bonds is 9. The summed E-state index contributed by atoms with van der Waals surface area (Å²) in [5, 5.41) is 5.33. The minimum Gasteiger partial charge on any atom is -0.352 e. The molecule has 1 aliphatic carbocycles. The summed E-state index contributed by atoms with van der Waals surface area (Å²) in [4.78, 5) is 21.0. The number of benzene rings is 2. The van der Waals surface area contributed by atoms with Gasteiger partial charge >= 0.3 is 0 Å². The number of carbonyl (C=O) groups is 1. The summed E-state index contributed by atoms with van der Waals surface area (Å²) < 4.78 is 0. The lowest BCUT2D eigenvalue weighted by Crippen LogP contribution is -2.40. The van der Waals surface area contributed by atoms with E-state index in [4.69, 9.17) is 0 Å². The molecule has 3 aromatic rings. The number of aryl methyl sites for hydroxylation is 1. The van der Waals surface area contributed by atoms with E-state index in [0.717, 1.165) is 55.1 Å². The molecule has 4 nitrogen and oxygen atoms in total. The maximum Gasteiger partial charge on any atom is 0.251 e. The van der Waals surface area contributed by atoms with Gasteiger partial charge < -0.3 is 5.32 Å². The second-order valence-corrected chi connectivity index (χ2v) is 8.87. The highest BCUT2D eigenvalue weighted by atomic mass is 32.1. The maximum absolute atomic E-state index is 12.5. The number of fused-ring (bicyclic) bond motifs is 2. The summed E-state index contributed by atoms with van der Waals surface area (Å²) in [6.45, 7) is 6.61. The van der Waals surface area contributed by atoms with Crippen molar-refractivity contribution in [2.75, 3.05) is 19.6 Å². The molecule has 0 fully saturated rings. The molecule has 0 aliphatic heterocycles. The quantitative estimate of drug-likeness (QED) is 0.398. The van der Waals surface area contributed by atoms with Gasteiger partial charge in [-0.3, -0.25) is 9.69 Å². The molecule has 1 heterocycles. The van der Waals surface area contributed by atoms with Crippen LogP contribution in [0.1, 0.15) is 40.2 Å². The average molecular weight is 420 g/mol. The average Bonchev–Trinajstić information content (AvgIpc) is 3.25. The zero-order valence-electron chi connectivity index (χ0n) is 17.3. The van der Waals surface area contributed by atoms with Crippen LogP contribution in [0.4, 0.5) is 0 Å². The third kappa shape index (κ3) is 4.97. The zero-order valence-corrected chi connectivity index (χ0v) is 18.2. The summed E-state index contributed by atoms with van der Waals surface area (Å²) >= 11 is 1.79. The fourth-order valence-corrected chi connectivity index (χ4v) is 5.14. The highest BCUT2D eigenvalue weighted by Crippen LogP contribution is 2.27. The molecular formula is C25H29N3OS. The van der Waals surface area contributed by atoms with Crippen molar-refractivity contribution in [2.24, 2.45) is 0 Å². The van der Waals surface area contributed by atoms with Gasteiger partial charge in [-0.25, -0.2) is 4.98 Å². The molecule has 0 saturated heterocycles. The van der Waals surface area contributed by atoms with Gasteiger partial charge in [-0.15, -0.1) is 17.9 Å². The molecule has 0 bridgehead atoms. The van der Waals surface area contributed by atoms with E-state index in [1.54, 1.807) is 11.3 Å². The Morgan fingerprint density at radius 3 is 2.97 bits per heavy atom. The number of carbonyl (C=O) groups excluding carboxylic acids is 1. The highest BCUT2D eigenvalue weighted by Gasteiger charge is 2.25. The molecule has 1 amide bonds. The summed E-state index contributed by atoms with van der Waals surface area (Å²) in [6.07, 6.45) is 7.40. The third-order valence-electron chi connectivity index (χ3n) is 5.91. The van der Waals surface area contributed by atoms with Crippen molar-refractivity contribution in [2.45, 2.75) is 38.1 Å². The number of hydrogen-bond acceptors (Lipinski definition) is 4. The molecule has 1 atom stereocenters. The summed E-state index contributed by atoms with van der Waals surface area (Å²) in [5.74, 6) is 0.00806. The molecule has 1 unspecified atom stereocenters. The van der Waals surface area contributed by atoms with E-state index in [1.165, 1.54) is 17.0 Å². The molecule has 30 heavy (non-hydrogen) atoms. The van der Waals surface area contributed by atoms with E-state index in [0.29, 0.717) is 12.6 Å². The van der Waals surface area contributed by atoms with Gasteiger partial charge in [-0.2, -0.15) is 0 Å². The smallest absolute Gasteiger partial charge is 0.251 e. The standard InChI is InChI=1S/C25H29N3OS/c1-2-14-28(22-11-12-23-24(17-22)30-18-27-23)15-6-5-13-26-25(29)21-10-9-19-7-3-4-8-20(19)16-21/h2-4,7-10,16,18,22H,1,5-6,11-15,17H2,(H,26,29). The van der Waals surface area contributed by atoms with Crippen molar-refractivity contribution in [3.8, 4) is 0 Å². The van der Waals surface area contributed by atoms with Crippen LogP contribution in [0, 0.1) is 0 Å². The summed E-state index contributed by atoms with van der Waals surface area (Å²) in [5.41, 5.74) is 4.00. The van der Waals surface area contributed by atoms with Crippen molar-refractivity contribution in [3.05, 3.63) is 76.8 Å². The first kappa shape index (κ1) is 20.8. The summed E-state index contributed by atoms with van der Waals surface area (Å²) in [6, 6.07) is 14.6. The first-order valence-corrected chi connectivity index (χ1v) is 11.7.